The molecule has 7 heteroatoms. The zero-order valence-electron chi connectivity index (χ0n) is 8.03. The second-order valence-corrected chi connectivity index (χ2v) is 3.75. The SMILES string of the molecule is O=CNc1cccc(-n2c(S)nnc2S)c1. The van der Waals surface area contributed by atoms with E-state index >= 15 is 0 Å². The number of hydrogen-bond acceptors (Lipinski definition) is 5. The number of rotatable bonds is 3. The first-order chi connectivity index (χ1) is 7.72. The van der Waals surface area contributed by atoms with Gasteiger partial charge in [0.1, 0.15) is 0 Å². The summed E-state index contributed by atoms with van der Waals surface area (Å²) in [6, 6.07) is 7.20. The lowest BCUT2D eigenvalue weighted by Gasteiger charge is -2.06. The molecule has 0 atom stereocenters. The van der Waals surface area contributed by atoms with E-state index in [1.54, 1.807) is 16.7 Å². The molecule has 0 aliphatic carbocycles. The van der Waals surface area contributed by atoms with Crippen molar-refractivity contribution in [3.05, 3.63) is 24.3 Å². The molecule has 1 N–H and O–H groups in total. The second kappa shape index (κ2) is 4.58. The van der Waals surface area contributed by atoms with Gasteiger partial charge in [-0.2, -0.15) is 0 Å². The largest absolute Gasteiger partial charge is 0.329 e. The zero-order chi connectivity index (χ0) is 11.5. The van der Waals surface area contributed by atoms with Gasteiger partial charge in [0.15, 0.2) is 10.3 Å². The fourth-order valence-electron chi connectivity index (χ4n) is 1.30. The van der Waals surface area contributed by atoms with Crippen molar-refractivity contribution in [1.82, 2.24) is 14.8 Å². The maximum atomic E-state index is 10.3. The van der Waals surface area contributed by atoms with E-state index < -0.39 is 0 Å². The fourth-order valence-corrected chi connectivity index (χ4v) is 1.89. The molecule has 2 aromatic rings. The predicted molar refractivity (Wildman–Crippen MR) is 65.5 cm³/mol. The van der Waals surface area contributed by atoms with E-state index in [2.05, 4.69) is 40.8 Å². The smallest absolute Gasteiger partial charge is 0.211 e. The first kappa shape index (κ1) is 11.0. The highest BCUT2D eigenvalue weighted by Gasteiger charge is 2.08. The highest BCUT2D eigenvalue weighted by Crippen LogP contribution is 2.20. The van der Waals surface area contributed by atoms with Gasteiger partial charge in [0, 0.05) is 5.69 Å². The van der Waals surface area contributed by atoms with Crippen molar-refractivity contribution in [2.75, 3.05) is 5.32 Å². The molecule has 1 aromatic heterocycles. The van der Waals surface area contributed by atoms with Gasteiger partial charge in [0.25, 0.3) is 0 Å². The average molecular weight is 252 g/mol. The highest BCUT2D eigenvalue weighted by molar-refractivity contribution is 7.80. The number of aromatic nitrogens is 3. The van der Waals surface area contributed by atoms with Crippen LogP contribution in [0, 0.1) is 0 Å². The first-order valence-electron chi connectivity index (χ1n) is 4.36. The molecule has 2 rings (SSSR count). The summed E-state index contributed by atoms with van der Waals surface area (Å²) >= 11 is 8.33. The quantitative estimate of drug-likeness (QED) is 0.572. The summed E-state index contributed by atoms with van der Waals surface area (Å²) in [5, 5.41) is 11.0. The topological polar surface area (TPSA) is 59.8 Å². The van der Waals surface area contributed by atoms with Gasteiger partial charge in [0.05, 0.1) is 5.69 Å². The monoisotopic (exact) mass is 252 g/mol. The molecule has 0 spiro atoms. The Labute approximate surface area is 103 Å². The molecule has 0 fully saturated rings. The molecular weight excluding hydrogens is 244 g/mol. The van der Waals surface area contributed by atoms with Gasteiger partial charge in [-0.15, -0.1) is 35.5 Å². The number of thiol groups is 2. The van der Waals surface area contributed by atoms with Crippen LogP contribution in [0.15, 0.2) is 34.6 Å². The van der Waals surface area contributed by atoms with Crippen LogP contribution in [0.1, 0.15) is 0 Å². The van der Waals surface area contributed by atoms with Crippen LogP contribution in [0.3, 0.4) is 0 Å². The molecule has 0 unspecified atom stereocenters. The molecule has 0 saturated carbocycles. The number of amides is 1. The third kappa shape index (κ3) is 2.05. The summed E-state index contributed by atoms with van der Waals surface area (Å²) in [7, 11) is 0. The van der Waals surface area contributed by atoms with Gasteiger partial charge in [-0.05, 0) is 18.2 Å². The van der Waals surface area contributed by atoms with Gasteiger partial charge in [-0.25, -0.2) is 0 Å². The Kier molecular flexibility index (Phi) is 3.16. The van der Waals surface area contributed by atoms with E-state index in [-0.39, 0.29) is 0 Å². The Morgan fingerprint density at radius 1 is 1.25 bits per heavy atom. The van der Waals surface area contributed by atoms with Gasteiger partial charge in [-0.3, -0.25) is 9.36 Å². The van der Waals surface area contributed by atoms with Crippen molar-refractivity contribution >= 4 is 37.4 Å². The molecular formula is C9H8N4OS2. The number of carbonyl (C=O) groups excluding carboxylic acids is 1. The zero-order valence-corrected chi connectivity index (χ0v) is 9.82. The van der Waals surface area contributed by atoms with Crippen LogP contribution >= 0.6 is 25.3 Å². The maximum absolute atomic E-state index is 10.3. The van der Waals surface area contributed by atoms with Crippen LogP contribution in [-0.2, 0) is 4.79 Å². The van der Waals surface area contributed by atoms with E-state index in [1.165, 1.54) is 0 Å². The van der Waals surface area contributed by atoms with Crippen LogP contribution < -0.4 is 5.32 Å². The lowest BCUT2D eigenvalue weighted by atomic mass is 10.3. The van der Waals surface area contributed by atoms with E-state index in [9.17, 15) is 4.79 Å². The number of anilines is 1. The summed E-state index contributed by atoms with van der Waals surface area (Å²) in [5.41, 5.74) is 1.47. The molecule has 0 aliphatic heterocycles. The van der Waals surface area contributed by atoms with Crippen LogP contribution in [0.2, 0.25) is 0 Å². The van der Waals surface area contributed by atoms with Crippen LogP contribution in [0.4, 0.5) is 5.69 Å². The fraction of sp³-hybridized carbons (Fsp3) is 0. The molecule has 5 nitrogen and oxygen atoms in total. The predicted octanol–water partition coefficient (Wildman–Crippen LogP) is 1.41. The van der Waals surface area contributed by atoms with Crippen molar-refractivity contribution in [2.45, 2.75) is 10.3 Å². The summed E-state index contributed by atoms with van der Waals surface area (Å²) in [5.74, 6) is 0. The molecule has 1 heterocycles. The minimum Gasteiger partial charge on any atom is -0.329 e. The number of carbonyl (C=O) groups is 1. The number of nitrogens with zero attached hydrogens (tertiary/aromatic N) is 3. The number of benzene rings is 1. The molecule has 1 aromatic carbocycles. The molecule has 82 valence electrons. The van der Waals surface area contributed by atoms with Crippen molar-refractivity contribution in [1.29, 1.82) is 0 Å². The minimum absolute atomic E-state index is 0.438. The van der Waals surface area contributed by atoms with E-state index in [0.717, 1.165) is 5.69 Å². The lowest BCUT2D eigenvalue weighted by Crippen LogP contribution is -1.98. The summed E-state index contributed by atoms with van der Waals surface area (Å²) in [4.78, 5) is 10.3. The van der Waals surface area contributed by atoms with Crippen LogP contribution in [0.25, 0.3) is 5.69 Å². The highest BCUT2D eigenvalue weighted by atomic mass is 32.1. The molecule has 0 aliphatic rings. The molecule has 16 heavy (non-hydrogen) atoms. The Morgan fingerprint density at radius 2 is 1.94 bits per heavy atom. The first-order valence-corrected chi connectivity index (χ1v) is 5.26. The summed E-state index contributed by atoms with van der Waals surface area (Å²) < 4.78 is 1.65. The van der Waals surface area contributed by atoms with Crippen molar-refractivity contribution in [3.63, 3.8) is 0 Å². The Bertz CT molecular complexity index is 506. The maximum Gasteiger partial charge on any atom is 0.211 e. The Hall–Kier alpha value is -1.47. The number of nitrogens with one attached hydrogen (secondary N) is 1. The van der Waals surface area contributed by atoms with Crippen LogP contribution in [-0.4, -0.2) is 21.2 Å². The minimum atomic E-state index is 0.438. The Morgan fingerprint density at radius 3 is 2.56 bits per heavy atom. The van der Waals surface area contributed by atoms with Crippen molar-refractivity contribution in [3.8, 4) is 5.69 Å². The standard InChI is InChI=1S/C9H8N4OS2/c14-5-10-6-2-1-3-7(4-6)13-8(15)11-12-9(13)16/h1-5H,(H,10,14)(H,11,15)(H,12,16). The lowest BCUT2D eigenvalue weighted by molar-refractivity contribution is -0.105. The van der Waals surface area contributed by atoms with E-state index in [0.29, 0.717) is 22.4 Å². The second-order valence-electron chi connectivity index (χ2n) is 2.95. The van der Waals surface area contributed by atoms with Gasteiger partial charge in [-0.1, -0.05) is 6.07 Å². The molecule has 0 saturated heterocycles. The third-order valence-electron chi connectivity index (χ3n) is 1.96. The Balaban J connectivity index is 2.48. The average Bonchev–Trinajstić information content (AvgIpc) is 2.59. The molecule has 0 radical (unpaired) electrons. The van der Waals surface area contributed by atoms with Crippen molar-refractivity contribution in [2.24, 2.45) is 0 Å². The molecule has 0 bridgehead atoms. The third-order valence-corrected chi connectivity index (χ3v) is 2.54. The van der Waals surface area contributed by atoms with Crippen LogP contribution in [0.5, 0.6) is 0 Å². The normalized spacial score (nSPS) is 10.1. The van der Waals surface area contributed by atoms with Gasteiger partial charge < -0.3 is 5.32 Å². The van der Waals surface area contributed by atoms with Gasteiger partial charge >= 0.3 is 0 Å². The van der Waals surface area contributed by atoms with Gasteiger partial charge in [0.2, 0.25) is 6.41 Å². The van der Waals surface area contributed by atoms with E-state index in [1.807, 2.05) is 12.1 Å². The van der Waals surface area contributed by atoms with Crippen molar-refractivity contribution < 1.29 is 4.79 Å². The summed E-state index contributed by atoms with van der Waals surface area (Å²) in [6.07, 6.45) is 0.620. The number of hydrogen-bond donors (Lipinski definition) is 3. The molecule has 1 amide bonds. The van der Waals surface area contributed by atoms with E-state index in [4.69, 9.17) is 0 Å². The summed E-state index contributed by atoms with van der Waals surface area (Å²) in [6.45, 7) is 0.